The van der Waals surface area contributed by atoms with Crippen LogP contribution in [0.25, 0.3) is 22.5 Å². The van der Waals surface area contributed by atoms with Crippen molar-refractivity contribution < 1.29 is 13.7 Å². The van der Waals surface area contributed by atoms with Gasteiger partial charge in [0.1, 0.15) is 17.3 Å². The number of nitrogens with zero attached hydrogens (tertiary/aromatic N) is 3. The summed E-state index contributed by atoms with van der Waals surface area (Å²) in [5.41, 5.74) is 2.51. The zero-order chi connectivity index (χ0) is 17.3. The molecule has 3 aromatic rings. The number of rotatable bonds is 3. The maximum Gasteiger partial charge on any atom is 0.342 e. The summed E-state index contributed by atoms with van der Waals surface area (Å²) < 4.78 is 19.6. The number of hydrogen-bond donors (Lipinski definition) is 1. The topological polar surface area (TPSA) is 73.0 Å². The molecule has 0 saturated carbocycles. The van der Waals surface area contributed by atoms with Gasteiger partial charge in [-0.2, -0.15) is 9.78 Å². The number of carbonyl (C=O) groups is 1. The Hall–Kier alpha value is -2.96. The summed E-state index contributed by atoms with van der Waals surface area (Å²) in [6, 6.07) is 7.38. The highest BCUT2D eigenvalue weighted by molar-refractivity contribution is 5.82. The van der Waals surface area contributed by atoms with E-state index in [1.807, 2.05) is 13.8 Å². The SMILES string of the molecule is Cc1onc(-c2ccc(F)cc2)c1-c1ccn(C(=O)NC(C)C)n1. The van der Waals surface area contributed by atoms with Crippen LogP contribution in [0.5, 0.6) is 0 Å². The van der Waals surface area contributed by atoms with Crippen LogP contribution < -0.4 is 5.32 Å². The van der Waals surface area contributed by atoms with Crippen LogP contribution in [0.3, 0.4) is 0 Å². The number of benzene rings is 1. The van der Waals surface area contributed by atoms with E-state index in [4.69, 9.17) is 4.52 Å². The average molecular weight is 328 g/mol. The van der Waals surface area contributed by atoms with Gasteiger partial charge in [-0.3, -0.25) is 0 Å². The lowest BCUT2D eigenvalue weighted by Gasteiger charge is -2.07. The first kappa shape index (κ1) is 15.9. The third-order valence-electron chi connectivity index (χ3n) is 3.45. The minimum absolute atomic E-state index is 0.0113. The Kier molecular flexibility index (Phi) is 4.16. The van der Waals surface area contributed by atoms with Crippen LogP contribution in [0, 0.1) is 12.7 Å². The molecule has 2 aromatic heterocycles. The summed E-state index contributed by atoms with van der Waals surface area (Å²) in [6.45, 7) is 5.51. The van der Waals surface area contributed by atoms with Crippen LogP contribution in [0.4, 0.5) is 9.18 Å². The fraction of sp³-hybridized carbons (Fsp3) is 0.235. The van der Waals surface area contributed by atoms with E-state index in [0.29, 0.717) is 28.3 Å². The van der Waals surface area contributed by atoms with Crippen LogP contribution >= 0.6 is 0 Å². The van der Waals surface area contributed by atoms with Gasteiger partial charge >= 0.3 is 6.03 Å². The normalized spacial score (nSPS) is 11.0. The standard InChI is InChI=1S/C17H17FN4O2/c1-10(2)19-17(23)22-9-8-14(20-22)15-11(3)24-21-16(15)12-4-6-13(18)7-5-12/h4-10H,1-3H3,(H,19,23). The lowest BCUT2D eigenvalue weighted by Crippen LogP contribution is -2.34. The molecule has 0 fully saturated rings. The number of amides is 1. The molecule has 24 heavy (non-hydrogen) atoms. The number of aromatic nitrogens is 3. The van der Waals surface area contributed by atoms with Crippen LogP contribution in [-0.4, -0.2) is 27.0 Å². The summed E-state index contributed by atoms with van der Waals surface area (Å²) >= 11 is 0. The van der Waals surface area contributed by atoms with Crippen molar-refractivity contribution in [2.24, 2.45) is 0 Å². The molecule has 0 bridgehead atoms. The molecule has 0 radical (unpaired) electrons. The molecule has 0 aliphatic rings. The van der Waals surface area contributed by atoms with E-state index >= 15 is 0 Å². The molecule has 0 spiro atoms. The Morgan fingerprint density at radius 1 is 1.25 bits per heavy atom. The van der Waals surface area contributed by atoms with Crippen molar-refractivity contribution in [3.8, 4) is 22.5 Å². The molecule has 1 N–H and O–H groups in total. The lowest BCUT2D eigenvalue weighted by molar-refractivity contribution is 0.237. The highest BCUT2D eigenvalue weighted by atomic mass is 19.1. The minimum Gasteiger partial charge on any atom is -0.360 e. The minimum atomic E-state index is -0.324. The summed E-state index contributed by atoms with van der Waals surface area (Å²) in [5.74, 6) is 0.249. The van der Waals surface area contributed by atoms with Gasteiger partial charge < -0.3 is 9.84 Å². The van der Waals surface area contributed by atoms with Crippen LogP contribution in [0.2, 0.25) is 0 Å². The van der Waals surface area contributed by atoms with Gasteiger partial charge in [-0.1, -0.05) is 5.16 Å². The van der Waals surface area contributed by atoms with Crippen LogP contribution in [0.15, 0.2) is 41.1 Å². The van der Waals surface area contributed by atoms with Crippen LogP contribution in [0.1, 0.15) is 19.6 Å². The maximum atomic E-state index is 13.1. The quantitative estimate of drug-likeness (QED) is 0.797. The van der Waals surface area contributed by atoms with Crippen molar-refractivity contribution in [1.82, 2.24) is 20.3 Å². The molecule has 0 saturated heterocycles. The highest BCUT2D eigenvalue weighted by Gasteiger charge is 2.20. The zero-order valence-electron chi connectivity index (χ0n) is 13.6. The molecular formula is C17H17FN4O2. The highest BCUT2D eigenvalue weighted by Crippen LogP contribution is 2.33. The second kappa shape index (κ2) is 6.27. The van der Waals surface area contributed by atoms with Gasteiger partial charge in [-0.05, 0) is 51.1 Å². The Labute approximate surface area is 138 Å². The van der Waals surface area contributed by atoms with Crippen molar-refractivity contribution in [3.05, 3.63) is 48.1 Å². The number of aryl methyl sites for hydroxylation is 1. The first-order valence-electron chi connectivity index (χ1n) is 7.55. The molecule has 6 nitrogen and oxygen atoms in total. The number of nitrogens with one attached hydrogen (secondary N) is 1. The number of halogens is 1. The van der Waals surface area contributed by atoms with Gasteiger partial charge in [0.2, 0.25) is 0 Å². The van der Waals surface area contributed by atoms with Gasteiger partial charge in [0.25, 0.3) is 0 Å². The predicted molar refractivity (Wildman–Crippen MR) is 86.9 cm³/mol. The lowest BCUT2D eigenvalue weighted by atomic mass is 10.0. The van der Waals surface area contributed by atoms with Gasteiger partial charge in [0.05, 0.1) is 11.3 Å². The molecule has 124 valence electrons. The molecule has 7 heteroatoms. The third kappa shape index (κ3) is 3.05. The van der Waals surface area contributed by atoms with Gasteiger partial charge in [-0.25, -0.2) is 9.18 Å². The van der Waals surface area contributed by atoms with E-state index in [0.717, 1.165) is 0 Å². The van der Waals surface area contributed by atoms with Gasteiger partial charge in [0.15, 0.2) is 0 Å². The molecular weight excluding hydrogens is 311 g/mol. The second-order valence-corrected chi connectivity index (χ2v) is 5.72. The van der Waals surface area contributed by atoms with Crippen molar-refractivity contribution >= 4 is 6.03 Å². The molecule has 0 aliphatic carbocycles. The van der Waals surface area contributed by atoms with Crippen LogP contribution in [-0.2, 0) is 0 Å². The molecule has 0 unspecified atom stereocenters. The summed E-state index contributed by atoms with van der Waals surface area (Å²) in [6.07, 6.45) is 1.58. The Bertz CT molecular complexity index is 865. The molecule has 0 aliphatic heterocycles. The Morgan fingerprint density at radius 3 is 2.62 bits per heavy atom. The Balaban J connectivity index is 1.99. The van der Waals surface area contributed by atoms with E-state index < -0.39 is 0 Å². The van der Waals surface area contributed by atoms with E-state index in [1.165, 1.54) is 16.8 Å². The monoisotopic (exact) mass is 328 g/mol. The van der Waals surface area contributed by atoms with Crippen molar-refractivity contribution in [2.45, 2.75) is 26.8 Å². The van der Waals surface area contributed by atoms with E-state index in [-0.39, 0.29) is 17.9 Å². The van der Waals surface area contributed by atoms with E-state index in [2.05, 4.69) is 15.6 Å². The van der Waals surface area contributed by atoms with Crippen molar-refractivity contribution in [1.29, 1.82) is 0 Å². The average Bonchev–Trinajstić information content (AvgIpc) is 3.14. The van der Waals surface area contributed by atoms with E-state index in [9.17, 15) is 9.18 Å². The number of hydrogen-bond acceptors (Lipinski definition) is 4. The predicted octanol–water partition coefficient (Wildman–Crippen LogP) is 3.62. The van der Waals surface area contributed by atoms with Gasteiger partial charge in [0, 0.05) is 17.8 Å². The summed E-state index contributed by atoms with van der Waals surface area (Å²) in [4.78, 5) is 12.0. The molecule has 0 atom stereocenters. The fourth-order valence-electron chi connectivity index (χ4n) is 2.36. The maximum absolute atomic E-state index is 13.1. The Morgan fingerprint density at radius 2 is 1.96 bits per heavy atom. The smallest absolute Gasteiger partial charge is 0.342 e. The molecule has 1 aromatic carbocycles. The summed E-state index contributed by atoms with van der Waals surface area (Å²) in [5, 5.41) is 11.1. The first-order chi connectivity index (χ1) is 11.5. The van der Waals surface area contributed by atoms with Crippen molar-refractivity contribution in [3.63, 3.8) is 0 Å². The number of carbonyl (C=O) groups excluding carboxylic acids is 1. The molecule has 3 rings (SSSR count). The zero-order valence-corrected chi connectivity index (χ0v) is 13.6. The van der Waals surface area contributed by atoms with E-state index in [1.54, 1.807) is 31.3 Å². The third-order valence-corrected chi connectivity index (χ3v) is 3.45. The fourth-order valence-corrected chi connectivity index (χ4v) is 2.36. The summed E-state index contributed by atoms with van der Waals surface area (Å²) in [7, 11) is 0. The van der Waals surface area contributed by atoms with Crippen molar-refractivity contribution in [2.75, 3.05) is 0 Å². The van der Waals surface area contributed by atoms with Gasteiger partial charge in [-0.15, -0.1) is 0 Å². The first-order valence-corrected chi connectivity index (χ1v) is 7.55. The molecule has 2 heterocycles. The molecule has 1 amide bonds. The largest absolute Gasteiger partial charge is 0.360 e. The second-order valence-electron chi connectivity index (χ2n) is 5.72.